The Morgan fingerprint density at radius 3 is 2.27 bits per heavy atom. The molecule has 1 atom stereocenters. The first-order valence-electron chi connectivity index (χ1n) is 3.57. The average Bonchev–Trinajstić information content (AvgIpc) is 1.99. The molecule has 1 N–H and O–H groups in total. The number of hydrogen-bond donors (Lipinski definition) is 1. The monoisotopic (exact) mass is 164 g/mol. The smallest absolute Gasteiger partial charge is 0.305 e. The molecular formula is C7H18NO3+. The number of ether oxygens (including phenoxy) is 2. The van der Waals surface area contributed by atoms with Crippen molar-refractivity contribution in [1.29, 1.82) is 0 Å². The third-order valence-corrected chi connectivity index (χ3v) is 1.68. The molecule has 0 fully saturated rings. The Bertz CT molecular complexity index is 106. The van der Waals surface area contributed by atoms with Gasteiger partial charge < -0.3 is 14.6 Å². The Morgan fingerprint density at radius 1 is 1.36 bits per heavy atom. The van der Waals surface area contributed by atoms with Crippen LogP contribution in [-0.4, -0.2) is 57.5 Å². The van der Waals surface area contributed by atoms with E-state index in [9.17, 15) is 5.11 Å². The molecule has 0 amide bonds. The lowest BCUT2D eigenvalue weighted by molar-refractivity contribution is -0.961. The highest BCUT2D eigenvalue weighted by Gasteiger charge is 2.24. The van der Waals surface area contributed by atoms with Crippen molar-refractivity contribution in [3.05, 3.63) is 0 Å². The van der Waals surface area contributed by atoms with E-state index in [4.69, 9.17) is 9.47 Å². The highest BCUT2D eigenvalue weighted by Crippen LogP contribution is 2.03. The maximum atomic E-state index is 9.31. The van der Waals surface area contributed by atoms with Crippen LogP contribution in [0.25, 0.3) is 0 Å². The van der Waals surface area contributed by atoms with Crippen LogP contribution < -0.4 is 0 Å². The van der Waals surface area contributed by atoms with Crippen LogP contribution >= 0.6 is 0 Å². The Balaban J connectivity index is 3.77. The van der Waals surface area contributed by atoms with Crippen LogP contribution in [0.5, 0.6) is 0 Å². The highest BCUT2D eigenvalue weighted by atomic mass is 16.6. The van der Waals surface area contributed by atoms with E-state index in [1.54, 1.807) is 7.11 Å². The van der Waals surface area contributed by atoms with Crippen LogP contribution in [0.15, 0.2) is 0 Å². The van der Waals surface area contributed by atoms with Gasteiger partial charge in [0.25, 0.3) is 0 Å². The molecule has 0 aromatic carbocycles. The van der Waals surface area contributed by atoms with Gasteiger partial charge in [-0.2, -0.15) is 0 Å². The maximum absolute atomic E-state index is 9.31. The van der Waals surface area contributed by atoms with Gasteiger partial charge in [-0.1, -0.05) is 0 Å². The fraction of sp³-hybridized carbons (Fsp3) is 1.00. The number of hydrogen-bond acceptors (Lipinski definition) is 3. The Labute approximate surface area is 67.9 Å². The number of methoxy groups -OCH3 is 2. The van der Waals surface area contributed by atoms with E-state index in [1.807, 2.05) is 14.1 Å². The molecule has 4 heteroatoms. The largest absolute Gasteiger partial charge is 0.379 e. The van der Waals surface area contributed by atoms with Gasteiger partial charge in [0.05, 0.1) is 20.7 Å². The zero-order valence-corrected chi connectivity index (χ0v) is 7.70. The van der Waals surface area contributed by atoms with Crippen molar-refractivity contribution >= 4 is 0 Å². The molecule has 11 heavy (non-hydrogen) atoms. The number of quaternary nitrogens is 1. The summed E-state index contributed by atoms with van der Waals surface area (Å²) in [5, 5.41) is 9.31. The first-order valence-corrected chi connectivity index (χ1v) is 3.57. The summed E-state index contributed by atoms with van der Waals surface area (Å²) in [5.41, 5.74) is 0. The van der Waals surface area contributed by atoms with Crippen LogP contribution in [0.1, 0.15) is 0 Å². The van der Waals surface area contributed by atoms with Gasteiger partial charge in [0, 0.05) is 14.2 Å². The summed E-state index contributed by atoms with van der Waals surface area (Å²) in [6.45, 7) is 1.35. The summed E-state index contributed by atoms with van der Waals surface area (Å²) in [4.78, 5) is 0. The maximum Gasteiger partial charge on any atom is 0.305 e. The number of likely N-dealkylation sites (N-methyl/N-ethyl adjacent to an activating group) is 1. The Hall–Kier alpha value is -0.160. The highest BCUT2D eigenvalue weighted by molar-refractivity contribution is 4.29. The predicted molar refractivity (Wildman–Crippen MR) is 41.9 cm³/mol. The second-order valence-electron chi connectivity index (χ2n) is 3.06. The molecule has 0 aliphatic rings. The number of aliphatic hydroxyl groups excluding tert-OH is 1. The molecule has 4 nitrogen and oxygen atoms in total. The predicted octanol–water partition coefficient (Wildman–Crippen LogP) is -0.369. The summed E-state index contributed by atoms with van der Waals surface area (Å²) in [7, 11) is 6.89. The van der Waals surface area contributed by atoms with Crippen LogP contribution in [-0.2, 0) is 9.47 Å². The quantitative estimate of drug-likeness (QED) is 0.445. The van der Waals surface area contributed by atoms with Gasteiger partial charge in [0.15, 0.2) is 0 Å². The molecule has 0 bridgehead atoms. The fourth-order valence-electron chi connectivity index (χ4n) is 0.722. The van der Waals surface area contributed by atoms with Crippen molar-refractivity contribution in [2.75, 3.05) is 41.5 Å². The summed E-state index contributed by atoms with van der Waals surface area (Å²) in [5.74, 6) is 0. The second-order valence-corrected chi connectivity index (χ2v) is 3.06. The van der Waals surface area contributed by atoms with Gasteiger partial charge in [-0.25, -0.2) is 0 Å². The van der Waals surface area contributed by atoms with E-state index in [2.05, 4.69) is 0 Å². The zero-order valence-electron chi connectivity index (χ0n) is 7.70. The molecule has 1 unspecified atom stereocenters. The van der Waals surface area contributed by atoms with E-state index in [0.717, 1.165) is 6.54 Å². The third-order valence-electron chi connectivity index (χ3n) is 1.68. The van der Waals surface area contributed by atoms with E-state index < -0.39 is 6.41 Å². The van der Waals surface area contributed by atoms with Crippen LogP contribution in [0.3, 0.4) is 0 Å². The zero-order chi connectivity index (χ0) is 8.91. The number of rotatable bonds is 5. The van der Waals surface area contributed by atoms with Crippen molar-refractivity contribution in [2.45, 2.75) is 6.41 Å². The van der Waals surface area contributed by atoms with Crippen molar-refractivity contribution in [1.82, 2.24) is 0 Å². The number of nitrogens with zero attached hydrogens (tertiary/aromatic N) is 1. The molecule has 0 aromatic heterocycles. The molecule has 0 aliphatic heterocycles. The molecule has 0 aliphatic carbocycles. The molecule has 0 saturated heterocycles. The van der Waals surface area contributed by atoms with Crippen LogP contribution in [0, 0.1) is 0 Å². The number of aliphatic hydroxyl groups is 1. The topological polar surface area (TPSA) is 38.7 Å². The minimum Gasteiger partial charge on any atom is -0.379 e. The normalized spacial score (nSPS) is 15.0. The second kappa shape index (κ2) is 4.66. The fourth-order valence-corrected chi connectivity index (χ4v) is 0.722. The Morgan fingerprint density at radius 2 is 1.91 bits per heavy atom. The van der Waals surface area contributed by atoms with Gasteiger partial charge in [0.2, 0.25) is 0 Å². The van der Waals surface area contributed by atoms with Crippen molar-refractivity contribution in [2.24, 2.45) is 0 Å². The lowest BCUT2D eigenvalue weighted by Crippen LogP contribution is -2.51. The van der Waals surface area contributed by atoms with Crippen LogP contribution in [0.2, 0.25) is 0 Å². The summed E-state index contributed by atoms with van der Waals surface area (Å²) in [6.07, 6.45) is -0.773. The van der Waals surface area contributed by atoms with Gasteiger partial charge in [-0.15, -0.1) is 0 Å². The minimum atomic E-state index is -0.773. The first kappa shape index (κ1) is 10.8. The lowest BCUT2D eigenvalue weighted by atomic mass is 10.5. The van der Waals surface area contributed by atoms with Crippen molar-refractivity contribution in [3.8, 4) is 0 Å². The van der Waals surface area contributed by atoms with E-state index in [0.29, 0.717) is 11.1 Å². The summed E-state index contributed by atoms with van der Waals surface area (Å²) >= 11 is 0. The summed E-state index contributed by atoms with van der Waals surface area (Å²) < 4.78 is 10.1. The standard InChI is InChI=1S/C7H18NO3/c1-8(2,5-6-10-3)7(9)11-4/h7,9H,5-6H2,1-4H3/q+1. The first-order chi connectivity index (χ1) is 5.04. The molecule has 68 valence electrons. The van der Waals surface area contributed by atoms with Gasteiger partial charge in [-0.3, -0.25) is 4.48 Å². The molecule has 0 heterocycles. The van der Waals surface area contributed by atoms with Crippen LogP contribution in [0.4, 0.5) is 0 Å². The SMILES string of the molecule is COCC[N+](C)(C)C(O)OC. The van der Waals surface area contributed by atoms with Gasteiger partial charge in [0.1, 0.15) is 6.54 Å². The molecule has 0 aromatic rings. The van der Waals surface area contributed by atoms with Gasteiger partial charge >= 0.3 is 6.41 Å². The van der Waals surface area contributed by atoms with Gasteiger partial charge in [-0.05, 0) is 0 Å². The van der Waals surface area contributed by atoms with E-state index in [1.165, 1.54) is 7.11 Å². The Kier molecular flexibility index (Phi) is 4.60. The molecule has 0 rings (SSSR count). The lowest BCUT2D eigenvalue weighted by Gasteiger charge is -2.32. The molecule has 0 spiro atoms. The molecule has 0 saturated carbocycles. The van der Waals surface area contributed by atoms with E-state index >= 15 is 0 Å². The molecular weight excluding hydrogens is 146 g/mol. The third kappa shape index (κ3) is 3.67. The summed E-state index contributed by atoms with van der Waals surface area (Å²) in [6, 6.07) is 0. The van der Waals surface area contributed by atoms with E-state index in [-0.39, 0.29) is 0 Å². The van der Waals surface area contributed by atoms with Crippen molar-refractivity contribution < 1.29 is 19.1 Å². The minimum absolute atomic E-state index is 0.393. The van der Waals surface area contributed by atoms with Crippen molar-refractivity contribution in [3.63, 3.8) is 0 Å². The average molecular weight is 164 g/mol. The molecule has 0 radical (unpaired) electrons.